The average Bonchev–Trinajstić information content (AvgIpc) is 3.27. The van der Waals surface area contributed by atoms with Crippen LogP contribution in [0, 0.1) is 0 Å². The maximum atomic E-state index is 1.79. The van der Waals surface area contributed by atoms with E-state index in [9.17, 15) is 0 Å². The van der Waals surface area contributed by atoms with E-state index in [1.54, 1.807) is 269 Å². The fraction of sp³-hybridized carbons (Fsp3) is 1.00. The Bertz CT molecular complexity index is 740. The summed E-state index contributed by atoms with van der Waals surface area (Å²) in [7, 11) is 1.37. The Morgan fingerprint density at radius 2 is 0.286 bits per heavy atom. The first kappa shape index (κ1) is 50.1. The topological polar surface area (TPSA) is 0 Å². The molecule has 0 nitrogen and oxygen atoms in total. The van der Waals surface area contributed by atoms with Crippen LogP contribution in [0.1, 0.15) is 257 Å². The van der Waals surface area contributed by atoms with Crippen molar-refractivity contribution in [3.63, 3.8) is 0 Å². The summed E-state index contributed by atoms with van der Waals surface area (Å²) in [4.78, 5) is 0. The fourth-order valence-corrected chi connectivity index (χ4v) is 34.8. The van der Waals surface area contributed by atoms with E-state index in [1.807, 2.05) is 0 Å². The molecular formula is C50H92P4Pd2. The van der Waals surface area contributed by atoms with Gasteiger partial charge in [0.05, 0.1) is 0 Å². The van der Waals surface area contributed by atoms with Crippen molar-refractivity contribution < 1.29 is 40.8 Å². The Labute approximate surface area is 383 Å². The molecule has 0 atom stereocenters. The van der Waals surface area contributed by atoms with Gasteiger partial charge in [0.25, 0.3) is 0 Å². The molecule has 0 amide bonds. The van der Waals surface area contributed by atoms with Crippen molar-refractivity contribution in [2.45, 2.75) is 302 Å². The Kier molecular flexibility index (Phi) is 25.7. The molecule has 6 heteroatoms. The van der Waals surface area contributed by atoms with E-state index >= 15 is 0 Å². The Hall–Kier alpha value is 3.04. The van der Waals surface area contributed by atoms with Crippen molar-refractivity contribution in [3.8, 4) is 0 Å². The van der Waals surface area contributed by atoms with Gasteiger partial charge >= 0.3 is 0 Å². The predicted octanol–water partition coefficient (Wildman–Crippen LogP) is 18.5. The second kappa shape index (κ2) is 28.8. The maximum Gasteiger partial charge on any atom is 0 e. The summed E-state index contributed by atoms with van der Waals surface area (Å²) in [6, 6.07) is 0. The first-order valence-electron chi connectivity index (χ1n) is 25.9. The van der Waals surface area contributed by atoms with E-state index in [1.165, 1.54) is 45.3 Å². The molecule has 332 valence electrons. The van der Waals surface area contributed by atoms with Crippen LogP contribution in [-0.4, -0.2) is 57.1 Å². The molecule has 0 radical (unpaired) electrons. The van der Waals surface area contributed by atoms with Gasteiger partial charge in [0, 0.05) is 40.8 Å². The Balaban J connectivity index is 0.000000207. The summed E-state index contributed by atoms with van der Waals surface area (Å²) in [5.74, 6) is 3.57. The first-order valence-corrected chi connectivity index (χ1v) is 32.5. The van der Waals surface area contributed by atoms with Gasteiger partial charge in [-0.25, -0.2) is 0 Å². The summed E-state index contributed by atoms with van der Waals surface area (Å²) < 4.78 is 0. The van der Waals surface area contributed by atoms with Crippen LogP contribution in [0.25, 0.3) is 0 Å². The molecule has 0 aromatic rings. The number of rotatable bonds is 12. The minimum absolute atomic E-state index is 0. The smallest absolute Gasteiger partial charge is 0 e. The molecule has 0 aliphatic heterocycles. The number of hydrogen-bond donors (Lipinski definition) is 0. The molecule has 0 N–H and O–H groups in total. The van der Waals surface area contributed by atoms with Gasteiger partial charge in [-0.1, -0.05) is 186 Å². The summed E-state index contributed by atoms with van der Waals surface area (Å²) in [5, 5.41) is 0. The van der Waals surface area contributed by atoms with E-state index in [2.05, 4.69) is 0 Å². The average molecular weight is 1030 g/mol. The Morgan fingerprint density at radius 1 is 0.179 bits per heavy atom. The van der Waals surface area contributed by atoms with Crippen LogP contribution >= 0.6 is 31.7 Å². The van der Waals surface area contributed by atoms with Gasteiger partial charge < -0.3 is 0 Å². The SMILES string of the molecule is C1CCC(P(CP(C2CCCCC2)C2CCCCC2)C2CCCCC2)CC1.C1CCC(P(CP(C2CCCCC2)C2CCCCC2)C2CCCCC2)CC1.[Pd].[Pd]. The molecular weight excluding hydrogens is 937 g/mol. The van der Waals surface area contributed by atoms with E-state index in [-0.39, 0.29) is 40.8 Å². The first-order chi connectivity index (χ1) is 26.8. The van der Waals surface area contributed by atoms with Crippen LogP contribution in [0.15, 0.2) is 0 Å². The zero-order valence-corrected chi connectivity index (χ0v) is 43.4. The molecule has 0 spiro atoms. The van der Waals surface area contributed by atoms with Crippen LogP contribution < -0.4 is 0 Å². The molecule has 0 aromatic carbocycles. The minimum Gasteiger partial charge on any atom is -0.0959 e. The van der Waals surface area contributed by atoms with Crippen molar-refractivity contribution in [2.24, 2.45) is 0 Å². The van der Waals surface area contributed by atoms with Gasteiger partial charge in [0.2, 0.25) is 0 Å². The van der Waals surface area contributed by atoms with Gasteiger partial charge in [-0.05, 0) is 160 Å². The van der Waals surface area contributed by atoms with Crippen LogP contribution in [0.5, 0.6) is 0 Å². The van der Waals surface area contributed by atoms with Gasteiger partial charge in [-0.3, -0.25) is 0 Å². The van der Waals surface area contributed by atoms with E-state index in [0.29, 0.717) is 31.7 Å². The number of hydrogen-bond acceptors (Lipinski definition) is 0. The van der Waals surface area contributed by atoms with Crippen molar-refractivity contribution in [1.82, 2.24) is 0 Å². The van der Waals surface area contributed by atoms with E-state index < -0.39 is 0 Å². The van der Waals surface area contributed by atoms with Crippen molar-refractivity contribution in [2.75, 3.05) is 11.8 Å². The van der Waals surface area contributed by atoms with E-state index in [4.69, 9.17) is 0 Å². The third-order valence-corrected chi connectivity index (χ3v) is 33.9. The molecule has 0 unspecified atom stereocenters. The quantitative estimate of drug-likeness (QED) is 0.135. The standard InChI is InChI=1S/2C25H46P2.2Pd/c2*1-5-13-22(14-6-1)26(23-15-7-2-8-16-23)21-27(24-17-9-3-10-18-24)25-19-11-4-12-20-25;;/h2*22-25H,1-21H2;;. The molecule has 8 fully saturated rings. The maximum absolute atomic E-state index is 1.79. The molecule has 8 aliphatic rings. The molecule has 0 heterocycles. The van der Waals surface area contributed by atoms with Crippen molar-refractivity contribution >= 4 is 31.7 Å². The molecule has 0 bridgehead atoms. The third kappa shape index (κ3) is 15.6. The second-order valence-electron chi connectivity index (χ2n) is 20.7. The molecule has 8 saturated carbocycles. The van der Waals surface area contributed by atoms with Crippen molar-refractivity contribution in [3.05, 3.63) is 0 Å². The zero-order chi connectivity index (χ0) is 36.6. The van der Waals surface area contributed by atoms with Crippen LogP contribution in [0.2, 0.25) is 0 Å². The largest absolute Gasteiger partial charge is 0.0959 e. The van der Waals surface area contributed by atoms with Crippen LogP contribution in [0.3, 0.4) is 0 Å². The second-order valence-corrected chi connectivity index (χ2v) is 32.9. The Morgan fingerprint density at radius 3 is 0.393 bits per heavy atom. The zero-order valence-electron chi connectivity index (χ0n) is 36.7. The third-order valence-electron chi connectivity index (χ3n) is 17.0. The monoisotopic (exact) mass is 1030 g/mol. The summed E-state index contributed by atoms with van der Waals surface area (Å²) in [5.41, 5.74) is 9.51. The molecule has 0 aromatic heterocycles. The van der Waals surface area contributed by atoms with Gasteiger partial charge in [0.15, 0.2) is 0 Å². The van der Waals surface area contributed by atoms with Gasteiger partial charge in [0.1, 0.15) is 0 Å². The van der Waals surface area contributed by atoms with Gasteiger partial charge in [-0.15, -0.1) is 0 Å². The molecule has 0 saturated heterocycles. The summed E-state index contributed by atoms with van der Waals surface area (Å²) in [6.45, 7) is 0. The predicted molar refractivity (Wildman–Crippen MR) is 252 cm³/mol. The van der Waals surface area contributed by atoms with Gasteiger partial charge in [-0.2, -0.15) is 0 Å². The molecule has 56 heavy (non-hydrogen) atoms. The summed E-state index contributed by atoms with van der Waals surface area (Å²) in [6.07, 6.45) is 63.5. The van der Waals surface area contributed by atoms with Crippen LogP contribution in [-0.2, 0) is 40.8 Å². The summed E-state index contributed by atoms with van der Waals surface area (Å²) >= 11 is 0. The van der Waals surface area contributed by atoms with E-state index in [0.717, 1.165) is 0 Å². The molecule has 8 aliphatic carbocycles. The minimum atomic E-state index is 0. The van der Waals surface area contributed by atoms with Crippen molar-refractivity contribution in [1.29, 1.82) is 0 Å². The molecule has 8 rings (SSSR count). The normalized spacial score (nSPS) is 27.2. The van der Waals surface area contributed by atoms with Crippen LogP contribution in [0.4, 0.5) is 0 Å². The fourth-order valence-electron chi connectivity index (χ4n) is 13.8.